The van der Waals surface area contributed by atoms with Crippen LogP contribution in [0.3, 0.4) is 0 Å². The van der Waals surface area contributed by atoms with E-state index in [0.29, 0.717) is 5.92 Å². The van der Waals surface area contributed by atoms with E-state index in [1.807, 2.05) is 36.1 Å². The van der Waals surface area contributed by atoms with Crippen molar-refractivity contribution in [3.63, 3.8) is 0 Å². The van der Waals surface area contributed by atoms with Crippen molar-refractivity contribution in [1.82, 2.24) is 15.1 Å². The van der Waals surface area contributed by atoms with Gasteiger partial charge in [0.1, 0.15) is 0 Å². The molecule has 2 atom stereocenters. The second-order valence-electron chi connectivity index (χ2n) is 8.63. The maximum Gasteiger partial charge on any atom is 0.253 e. The smallest absolute Gasteiger partial charge is 0.253 e. The van der Waals surface area contributed by atoms with Crippen LogP contribution in [0.1, 0.15) is 48.5 Å². The summed E-state index contributed by atoms with van der Waals surface area (Å²) in [6, 6.07) is 7.81. The second kappa shape index (κ2) is 7.27. The lowest BCUT2D eigenvalue weighted by atomic mass is 9.75. The van der Waals surface area contributed by atoms with E-state index in [4.69, 9.17) is 0 Å². The van der Waals surface area contributed by atoms with Crippen LogP contribution in [-0.2, 0) is 4.79 Å². The number of amides is 2. The molecule has 1 N–H and O–H groups in total. The first-order valence-corrected chi connectivity index (χ1v) is 10.4. The lowest BCUT2D eigenvalue weighted by molar-refractivity contribution is -0.123. The van der Waals surface area contributed by atoms with E-state index >= 15 is 0 Å². The largest absolute Gasteiger partial charge is 0.350 e. The second-order valence-corrected chi connectivity index (χ2v) is 8.63. The first-order valence-electron chi connectivity index (χ1n) is 10.4. The molecule has 3 fully saturated rings. The highest BCUT2D eigenvalue weighted by Gasteiger charge is 2.57. The predicted molar refractivity (Wildman–Crippen MR) is 106 cm³/mol. The molecule has 1 aromatic carbocycles. The van der Waals surface area contributed by atoms with Gasteiger partial charge in [0.25, 0.3) is 5.91 Å². The summed E-state index contributed by atoms with van der Waals surface area (Å²) in [5, 5.41) is 3.35. The Morgan fingerprint density at radius 2 is 1.89 bits per heavy atom. The number of nitrogens with one attached hydrogen (secondary N) is 1. The summed E-state index contributed by atoms with van der Waals surface area (Å²) in [6.07, 6.45) is 4.14. The number of fused-ring (bicyclic) bond motifs is 2. The first-order chi connectivity index (χ1) is 13.0. The van der Waals surface area contributed by atoms with Gasteiger partial charge in [0.2, 0.25) is 5.91 Å². The Balaban J connectivity index is 1.41. The van der Waals surface area contributed by atoms with Crippen molar-refractivity contribution in [3.8, 4) is 0 Å². The number of carbonyl (C=O) groups excluding carboxylic acids is 2. The number of unbranched alkanes of at least 4 members (excludes halogenated alkanes) is 1. The van der Waals surface area contributed by atoms with Gasteiger partial charge in [-0.05, 0) is 44.9 Å². The SMILES string of the molecule is CCCCN1C[C@H]2C(=O)NC3(CCN(C(=O)c4ccc(C)cc4)CC3)[C@H]2C1. The van der Waals surface area contributed by atoms with E-state index in [1.54, 1.807) is 0 Å². The van der Waals surface area contributed by atoms with Gasteiger partial charge in [0.15, 0.2) is 0 Å². The maximum atomic E-state index is 12.8. The van der Waals surface area contributed by atoms with Crippen molar-refractivity contribution in [3.05, 3.63) is 35.4 Å². The Bertz CT molecular complexity index is 707. The molecule has 1 aromatic rings. The Hall–Kier alpha value is -1.88. The first kappa shape index (κ1) is 18.5. The molecule has 5 nitrogen and oxygen atoms in total. The Kier molecular flexibility index (Phi) is 4.97. The molecule has 3 heterocycles. The van der Waals surface area contributed by atoms with Crippen molar-refractivity contribution < 1.29 is 9.59 Å². The standard InChI is InChI=1S/C22H31N3O2/c1-3-4-11-24-14-18-19(15-24)22(23-20(18)26)9-12-25(13-10-22)21(27)17-7-5-16(2)6-8-17/h5-8,18-19H,3-4,9-15H2,1-2H3,(H,23,26)/t18-,19+/m1/s1. The molecule has 0 saturated carbocycles. The van der Waals surface area contributed by atoms with Crippen LogP contribution >= 0.6 is 0 Å². The van der Waals surface area contributed by atoms with Gasteiger partial charge in [-0.15, -0.1) is 0 Å². The van der Waals surface area contributed by atoms with Crippen molar-refractivity contribution >= 4 is 11.8 Å². The molecule has 3 saturated heterocycles. The zero-order valence-corrected chi connectivity index (χ0v) is 16.5. The maximum absolute atomic E-state index is 12.8. The molecular weight excluding hydrogens is 338 g/mol. The number of nitrogens with zero attached hydrogens (tertiary/aromatic N) is 2. The molecule has 0 unspecified atom stereocenters. The summed E-state index contributed by atoms with van der Waals surface area (Å²) in [7, 11) is 0. The minimum atomic E-state index is -0.104. The minimum absolute atomic E-state index is 0.104. The molecular formula is C22H31N3O2. The molecule has 3 aliphatic heterocycles. The molecule has 0 aromatic heterocycles. The Morgan fingerprint density at radius 3 is 2.56 bits per heavy atom. The average molecular weight is 370 g/mol. The number of benzene rings is 1. The van der Waals surface area contributed by atoms with Crippen LogP contribution in [0, 0.1) is 18.8 Å². The predicted octanol–water partition coefficient (Wildman–Crippen LogP) is 2.45. The third-order valence-electron chi connectivity index (χ3n) is 6.88. The molecule has 0 bridgehead atoms. The van der Waals surface area contributed by atoms with Crippen LogP contribution < -0.4 is 5.32 Å². The molecule has 1 spiro atoms. The van der Waals surface area contributed by atoms with Gasteiger partial charge >= 0.3 is 0 Å². The minimum Gasteiger partial charge on any atom is -0.350 e. The molecule has 0 aliphatic carbocycles. The molecule has 146 valence electrons. The Morgan fingerprint density at radius 1 is 1.19 bits per heavy atom. The number of aryl methyl sites for hydroxylation is 1. The number of rotatable bonds is 4. The number of hydrogen-bond donors (Lipinski definition) is 1. The lowest BCUT2D eigenvalue weighted by Gasteiger charge is -2.42. The fourth-order valence-corrected chi connectivity index (χ4v) is 5.19. The molecule has 4 rings (SSSR count). The number of carbonyl (C=O) groups is 2. The van der Waals surface area contributed by atoms with Crippen LogP contribution in [0.2, 0.25) is 0 Å². The number of hydrogen-bond acceptors (Lipinski definition) is 3. The van der Waals surface area contributed by atoms with E-state index in [0.717, 1.165) is 56.7 Å². The molecule has 3 aliphatic rings. The van der Waals surface area contributed by atoms with Gasteiger partial charge in [0.05, 0.1) is 5.92 Å². The van der Waals surface area contributed by atoms with Crippen LogP contribution in [0.4, 0.5) is 0 Å². The summed E-state index contributed by atoms with van der Waals surface area (Å²) < 4.78 is 0. The highest BCUT2D eigenvalue weighted by molar-refractivity contribution is 5.94. The van der Waals surface area contributed by atoms with E-state index in [9.17, 15) is 9.59 Å². The van der Waals surface area contributed by atoms with Crippen molar-refractivity contribution in [1.29, 1.82) is 0 Å². The number of likely N-dealkylation sites (tertiary alicyclic amines) is 2. The quantitative estimate of drug-likeness (QED) is 0.887. The topological polar surface area (TPSA) is 52.7 Å². The van der Waals surface area contributed by atoms with Crippen LogP contribution in [0.25, 0.3) is 0 Å². The van der Waals surface area contributed by atoms with Crippen molar-refractivity contribution in [2.75, 3.05) is 32.7 Å². The summed E-state index contributed by atoms with van der Waals surface area (Å²) in [5.74, 6) is 0.888. The summed E-state index contributed by atoms with van der Waals surface area (Å²) in [5.41, 5.74) is 1.82. The summed E-state index contributed by atoms with van der Waals surface area (Å²) >= 11 is 0. The van der Waals surface area contributed by atoms with Crippen LogP contribution in [-0.4, -0.2) is 59.9 Å². The summed E-state index contributed by atoms with van der Waals surface area (Å²) in [4.78, 5) is 29.8. The van der Waals surface area contributed by atoms with E-state index in [1.165, 1.54) is 12.8 Å². The third kappa shape index (κ3) is 3.38. The summed E-state index contributed by atoms with van der Waals surface area (Å²) in [6.45, 7) is 8.73. The molecule has 27 heavy (non-hydrogen) atoms. The fraction of sp³-hybridized carbons (Fsp3) is 0.636. The monoisotopic (exact) mass is 369 g/mol. The molecule has 2 amide bonds. The van der Waals surface area contributed by atoms with Crippen molar-refractivity contribution in [2.24, 2.45) is 11.8 Å². The average Bonchev–Trinajstić information content (AvgIpc) is 3.21. The highest BCUT2D eigenvalue weighted by atomic mass is 16.2. The fourth-order valence-electron chi connectivity index (χ4n) is 5.19. The Labute approximate surface area is 162 Å². The zero-order chi connectivity index (χ0) is 19.0. The van der Waals surface area contributed by atoms with E-state index in [2.05, 4.69) is 17.1 Å². The lowest BCUT2D eigenvalue weighted by Crippen LogP contribution is -2.56. The molecule has 0 radical (unpaired) electrons. The third-order valence-corrected chi connectivity index (χ3v) is 6.88. The van der Waals surface area contributed by atoms with Crippen molar-refractivity contribution in [2.45, 2.75) is 45.1 Å². The van der Waals surface area contributed by atoms with Crippen LogP contribution in [0.15, 0.2) is 24.3 Å². The molecule has 5 heteroatoms. The van der Waals surface area contributed by atoms with Gasteiger partial charge < -0.3 is 15.1 Å². The van der Waals surface area contributed by atoms with E-state index < -0.39 is 0 Å². The normalized spacial score (nSPS) is 27.0. The van der Waals surface area contributed by atoms with Gasteiger partial charge in [-0.25, -0.2) is 0 Å². The zero-order valence-electron chi connectivity index (χ0n) is 16.5. The van der Waals surface area contributed by atoms with E-state index in [-0.39, 0.29) is 23.3 Å². The van der Waals surface area contributed by atoms with Gasteiger partial charge in [-0.2, -0.15) is 0 Å². The van der Waals surface area contributed by atoms with Crippen LogP contribution in [0.5, 0.6) is 0 Å². The number of piperidine rings is 1. The van der Waals surface area contributed by atoms with Gasteiger partial charge in [-0.3, -0.25) is 9.59 Å². The van der Waals surface area contributed by atoms with Gasteiger partial charge in [-0.1, -0.05) is 31.0 Å². The highest BCUT2D eigenvalue weighted by Crippen LogP contribution is 2.44. The van der Waals surface area contributed by atoms with Gasteiger partial charge in [0, 0.05) is 43.2 Å².